The quantitative estimate of drug-likeness (QED) is 0.725. The van der Waals surface area contributed by atoms with Crippen LogP contribution in [0.2, 0.25) is 0 Å². The lowest BCUT2D eigenvalue weighted by molar-refractivity contribution is -0.137. The molecule has 0 bridgehead atoms. The van der Waals surface area contributed by atoms with Crippen LogP contribution < -0.4 is 5.32 Å². The largest absolute Gasteiger partial charge is 0.416 e. The van der Waals surface area contributed by atoms with Crippen LogP contribution in [0, 0.1) is 0 Å². The molecule has 2 N–H and O–H groups in total. The number of rotatable bonds is 8. The molecule has 0 radical (unpaired) electrons. The lowest BCUT2D eigenvalue weighted by Gasteiger charge is -2.19. The zero-order valence-corrected chi connectivity index (χ0v) is 12.5. The van der Waals surface area contributed by atoms with Gasteiger partial charge in [0.25, 0.3) is 0 Å². The van der Waals surface area contributed by atoms with Gasteiger partial charge in [0, 0.05) is 19.6 Å². The van der Waals surface area contributed by atoms with E-state index in [-0.39, 0.29) is 0 Å². The third kappa shape index (κ3) is 6.03. The lowest BCUT2D eigenvalue weighted by Crippen LogP contribution is -2.33. The molecule has 3 nitrogen and oxygen atoms in total. The lowest BCUT2D eigenvalue weighted by atomic mass is 10.1. The van der Waals surface area contributed by atoms with Gasteiger partial charge in [-0.25, -0.2) is 0 Å². The predicted octanol–water partition coefficient (Wildman–Crippen LogP) is 2.67. The van der Waals surface area contributed by atoms with Gasteiger partial charge in [0.2, 0.25) is 0 Å². The number of hydrogen-bond acceptors (Lipinski definition) is 3. The van der Waals surface area contributed by atoms with Gasteiger partial charge in [-0.05, 0) is 30.8 Å². The fourth-order valence-corrected chi connectivity index (χ4v) is 2.03. The van der Waals surface area contributed by atoms with Crippen LogP contribution in [0.5, 0.6) is 0 Å². The maximum absolute atomic E-state index is 12.4. The number of aliphatic hydroxyl groups excluding tert-OH is 1. The standard InChI is InChI=1S/C15H23F3N2O/c1-3-20(4-2)10-9-19-11-14(21)12-5-7-13(8-6-12)15(16,17)18/h5-8,14,19,21H,3-4,9-11H2,1-2H3. The fourth-order valence-electron chi connectivity index (χ4n) is 2.03. The van der Waals surface area contributed by atoms with Crippen molar-refractivity contribution in [1.29, 1.82) is 0 Å². The molecule has 0 aromatic heterocycles. The Balaban J connectivity index is 2.40. The van der Waals surface area contributed by atoms with E-state index in [9.17, 15) is 18.3 Å². The van der Waals surface area contributed by atoms with Crippen molar-refractivity contribution in [3.63, 3.8) is 0 Å². The van der Waals surface area contributed by atoms with Crippen molar-refractivity contribution >= 4 is 0 Å². The maximum atomic E-state index is 12.4. The second-order valence-corrected chi connectivity index (χ2v) is 4.87. The summed E-state index contributed by atoms with van der Waals surface area (Å²) in [6, 6.07) is 4.63. The highest BCUT2D eigenvalue weighted by Crippen LogP contribution is 2.29. The van der Waals surface area contributed by atoms with E-state index in [1.165, 1.54) is 12.1 Å². The first-order valence-electron chi connectivity index (χ1n) is 7.16. The number of hydrogen-bond donors (Lipinski definition) is 2. The zero-order chi connectivity index (χ0) is 15.9. The summed E-state index contributed by atoms with van der Waals surface area (Å²) >= 11 is 0. The predicted molar refractivity (Wildman–Crippen MR) is 77.1 cm³/mol. The van der Waals surface area contributed by atoms with E-state index in [0.29, 0.717) is 12.1 Å². The molecule has 21 heavy (non-hydrogen) atoms. The normalized spacial score (nSPS) is 13.7. The van der Waals surface area contributed by atoms with Crippen LogP contribution in [0.15, 0.2) is 24.3 Å². The van der Waals surface area contributed by atoms with E-state index in [1.54, 1.807) is 0 Å². The van der Waals surface area contributed by atoms with Gasteiger partial charge in [-0.2, -0.15) is 13.2 Å². The molecule has 0 amide bonds. The second-order valence-electron chi connectivity index (χ2n) is 4.87. The topological polar surface area (TPSA) is 35.5 Å². The highest BCUT2D eigenvalue weighted by Gasteiger charge is 2.30. The molecule has 1 rings (SSSR count). The van der Waals surface area contributed by atoms with E-state index in [0.717, 1.165) is 38.3 Å². The molecule has 1 atom stereocenters. The first-order chi connectivity index (χ1) is 9.88. The highest BCUT2D eigenvalue weighted by atomic mass is 19.4. The number of alkyl halides is 3. The molecule has 6 heteroatoms. The molecule has 0 saturated carbocycles. The summed E-state index contributed by atoms with van der Waals surface area (Å²) in [6.45, 7) is 8.05. The number of likely N-dealkylation sites (N-methyl/N-ethyl adjacent to an activating group) is 1. The van der Waals surface area contributed by atoms with Crippen molar-refractivity contribution in [3.8, 4) is 0 Å². The minimum Gasteiger partial charge on any atom is -0.387 e. The van der Waals surface area contributed by atoms with Crippen LogP contribution in [-0.4, -0.2) is 42.7 Å². The molecule has 1 unspecified atom stereocenters. The minimum atomic E-state index is -4.34. The molecule has 0 heterocycles. The van der Waals surface area contributed by atoms with E-state index < -0.39 is 17.8 Å². The Labute approximate surface area is 123 Å². The van der Waals surface area contributed by atoms with Gasteiger partial charge in [-0.15, -0.1) is 0 Å². The fraction of sp³-hybridized carbons (Fsp3) is 0.600. The smallest absolute Gasteiger partial charge is 0.387 e. The first-order valence-corrected chi connectivity index (χ1v) is 7.16. The number of aliphatic hydroxyl groups is 1. The number of halogens is 3. The monoisotopic (exact) mass is 304 g/mol. The third-order valence-corrected chi connectivity index (χ3v) is 3.46. The van der Waals surface area contributed by atoms with Crippen LogP contribution in [0.1, 0.15) is 31.1 Å². The molecule has 1 aromatic carbocycles. The summed E-state index contributed by atoms with van der Waals surface area (Å²) in [5.74, 6) is 0. The Morgan fingerprint density at radius 2 is 1.71 bits per heavy atom. The summed E-state index contributed by atoms with van der Waals surface area (Å²) < 4.78 is 37.3. The van der Waals surface area contributed by atoms with E-state index >= 15 is 0 Å². The third-order valence-electron chi connectivity index (χ3n) is 3.46. The molecular formula is C15H23F3N2O. The SMILES string of the molecule is CCN(CC)CCNCC(O)c1ccc(C(F)(F)F)cc1. The molecule has 0 aliphatic rings. The summed E-state index contributed by atoms with van der Waals surface area (Å²) in [6.07, 6.45) is -5.14. The van der Waals surface area contributed by atoms with E-state index in [1.807, 2.05) is 0 Å². The van der Waals surface area contributed by atoms with Gasteiger partial charge in [0.05, 0.1) is 11.7 Å². The molecule has 0 fully saturated rings. The van der Waals surface area contributed by atoms with Crippen LogP contribution in [-0.2, 0) is 6.18 Å². The van der Waals surface area contributed by atoms with Crippen molar-refractivity contribution in [2.75, 3.05) is 32.7 Å². The molecule has 0 aliphatic carbocycles. The molecule has 1 aromatic rings. The zero-order valence-electron chi connectivity index (χ0n) is 12.5. The Bertz CT molecular complexity index is 402. The minimum absolute atomic E-state index is 0.326. The molecule has 0 aliphatic heterocycles. The Morgan fingerprint density at radius 1 is 1.14 bits per heavy atom. The Morgan fingerprint density at radius 3 is 2.19 bits per heavy atom. The average Bonchev–Trinajstić information content (AvgIpc) is 2.46. The summed E-state index contributed by atoms with van der Waals surface area (Å²) in [5, 5.41) is 13.1. The summed E-state index contributed by atoms with van der Waals surface area (Å²) in [7, 11) is 0. The molecule has 0 spiro atoms. The molecule has 120 valence electrons. The summed E-state index contributed by atoms with van der Waals surface area (Å²) in [5.41, 5.74) is -0.216. The highest BCUT2D eigenvalue weighted by molar-refractivity contribution is 5.26. The van der Waals surface area contributed by atoms with Crippen molar-refractivity contribution < 1.29 is 18.3 Å². The van der Waals surface area contributed by atoms with Crippen molar-refractivity contribution in [3.05, 3.63) is 35.4 Å². The van der Waals surface area contributed by atoms with Gasteiger partial charge < -0.3 is 15.3 Å². The van der Waals surface area contributed by atoms with Crippen molar-refractivity contribution in [1.82, 2.24) is 10.2 Å². The van der Waals surface area contributed by atoms with E-state index in [4.69, 9.17) is 0 Å². The van der Waals surface area contributed by atoms with Crippen molar-refractivity contribution in [2.45, 2.75) is 26.1 Å². The molecular weight excluding hydrogens is 281 g/mol. The first kappa shape index (κ1) is 17.9. The van der Waals surface area contributed by atoms with E-state index in [2.05, 4.69) is 24.1 Å². The Kier molecular flexibility index (Phi) is 7.14. The van der Waals surface area contributed by atoms with Gasteiger partial charge >= 0.3 is 6.18 Å². The number of nitrogens with zero attached hydrogens (tertiary/aromatic N) is 1. The number of nitrogens with one attached hydrogen (secondary N) is 1. The van der Waals surface area contributed by atoms with Gasteiger partial charge in [-0.1, -0.05) is 26.0 Å². The number of benzene rings is 1. The van der Waals surface area contributed by atoms with Crippen LogP contribution >= 0.6 is 0 Å². The van der Waals surface area contributed by atoms with Gasteiger partial charge in [-0.3, -0.25) is 0 Å². The van der Waals surface area contributed by atoms with Gasteiger partial charge in [0.1, 0.15) is 0 Å². The van der Waals surface area contributed by atoms with Crippen LogP contribution in [0.25, 0.3) is 0 Å². The van der Waals surface area contributed by atoms with Crippen LogP contribution in [0.4, 0.5) is 13.2 Å². The van der Waals surface area contributed by atoms with Gasteiger partial charge in [0.15, 0.2) is 0 Å². The summed E-state index contributed by atoms with van der Waals surface area (Å²) in [4.78, 5) is 2.25. The average molecular weight is 304 g/mol. The van der Waals surface area contributed by atoms with Crippen molar-refractivity contribution in [2.24, 2.45) is 0 Å². The molecule has 0 saturated heterocycles. The Hall–Kier alpha value is -1.11. The van der Waals surface area contributed by atoms with Crippen LogP contribution in [0.3, 0.4) is 0 Å². The maximum Gasteiger partial charge on any atom is 0.416 e. The second kappa shape index (κ2) is 8.36.